The Labute approximate surface area is 120 Å². The van der Waals surface area contributed by atoms with E-state index < -0.39 is 0 Å². The standard InChI is InChI=1S/C14H23ClN2O2/c1-17(8-10-19-3)14-6-4-5-13(15)12(14)11-16-7-9-18-2/h4-6,16H,7-11H2,1-3H3. The summed E-state index contributed by atoms with van der Waals surface area (Å²) in [5.41, 5.74) is 2.24. The Kier molecular flexibility index (Phi) is 7.82. The van der Waals surface area contributed by atoms with Gasteiger partial charge in [0, 0.05) is 57.2 Å². The maximum absolute atomic E-state index is 6.29. The van der Waals surface area contributed by atoms with Crippen LogP contribution in [0.2, 0.25) is 5.02 Å². The predicted molar refractivity (Wildman–Crippen MR) is 80.2 cm³/mol. The average Bonchev–Trinajstić information content (AvgIpc) is 2.42. The van der Waals surface area contributed by atoms with Gasteiger partial charge in [0.2, 0.25) is 0 Å². The Hall–Kier alpha value is -0.810. The number of methoxy groups -OCH3 is 2. The molecule has 1 aromatic carbocycles. The number of ether oxygens (including phenoxy) is 2. The molecule has 1 rings (SSSR count). The highest BCUT2D eigenvalue weighted by molar-refractivity contribution is 6.31. The topological polar surface area (TPSA) is 33.7 Å². The number of hydrogen-bond donors (Lipinski definition) is 1. The summed E-state index contributed by atoms with van der Waals surface area (Å²) < 4.78 is 10.1. The summed E-state index contributed by atoms with van der Waals surface area (Å²) in [6.45, 7) is 3.76. The zero-order valence-corrected chi connectivity index (χ0v) is 12.7. The van der Waals surface area contributed by atoms with Gasteiger partial charge in [0.25, 0.3) is 0 Å². The summed E-state index contributed by atoms with van der Waals surface area (Å²) in [6, 6.07) is 5.97. The van der Waals surface area contributed by atoms with Crippen LogP contribution >= 0.6 is 11.6 Å². The Morgan fingerprint density at radius 2 is 1.95 bits per heavy atom. The molecule has 0 fully saturated rings. The highest BCUT2D eigenvalue weighted by Gasteiger charge is 2.10. The molecular formula is C14H23ClN2O2. The second-order valence-electron chi connectivity index (χ2n) is 4.32. The quantitative estimate of drug-likeness (QED) is 0.706. The molecule has 19 heavy (non-hydrogen) atoms. The SMILES string of the molecule is COCCNCc1c(Cl)cccc1N(C)CCOC. The summed E-state index contributed by atoms with van der Waals surface area (Å²) in [5, 5.41) is 4.11. The van der Waals surface area contributed by atoms with E-state index in [1.165, 1.54) is 0 Å². The fourth-order valence-electron chi connectivity index (χ4n) is 1.82. The zero-order chi connectivity index (χ0) is 14.1. The lowest BCUT2D eigenvalue weighted by Gasteiger charge is -2.23. The van der Waals surface area contributed by atoms with Gasteiger partial charge >= 0.3 is 0 Å². The Balaban J connectivity index is 2.71. The fourth-order valence-corrected chi connectivity index (χ4v) is 2.05. The summed E-state index contributed by atoms with van der Waals surface area (Å²) in [7, 11) is 5.45. The molecule has 0 spiro atoms. The van der Waals surface area contributed by atoms with Crippen LogP contribution < -0.4 is 10.2 Å². The Morgan fingerprint density at radius 1 is 1.21 bits per heavy atom. The van der Waals surface area contributed by atoms with Crippen LogP contribution in [0.3, 0.4) is 0 Å². The first-order chi connectivity index (χ1) is 9.20. The Bertz CT molecular complexity index is 374. The first-order valence-corrected chi connectivity index (χ1v) is 6.75. The first kappa shape index (κ1) is 16.2. The number of likely N-dealkylation sites (N-methyl/N-ethyl adjacent to an activating group) is 1. The first-order valence-electron chi connectivity index (χ1n) is 6.37. The van der Waals surface area contributed by atoms with Crippen molar-refractivity contribution >= 4 is 17.3 Å². The van der Waals surface area contributed by atoms with Crippen LogP contribution in [0.15, 0.2) is 18.2 Å². The zero-order valence-electron chi connectivity index (χ0n) is 11.9. The van der Waals surface area contributed by atoms with Gasteiger partial charge < -0.3 is 19.7 Å². The fraction of sp³-hybridized carbons (Fsp3) is 0.571. The van der Waals surface area contributed by atoms with Crippen LogP contribution in [0, 0.1) is 0 Å². The van der Waals surface area contributed by atoms with Crippen molar-refractivity contribution in [2.24, 2.45) is 0 Å². The highest BCUT2D eigenvalue weighted by atomic mass is 35.5. The third-order valence-corrected chi connectivity index (χ3v) is 3.28. The van der Waals surface area contributed by atoms with Crippen molar-refractivity contribution < 1.29 is 9.47 Å². The molecular weight excluding hydrogens is 264 g/mol. The number of halogens is 1. The van der Waals surface area contributed by atoms with E-state index in [2.05, 4.69) is 16.3 Å². The molecule has 0 aromatic heterocycles. The van der Waals surface area contributed by atoms with E-state index >= 15 is 0 Å². The smallest absolute Gasteiger partial charge is 0.0637 e. The average molecular weight is 287 g/mol. The predicted octanol–water partition coefficient (Wildman–Crippen LogP) is 2.16. The van der Waals surface area contributed by atoms with Crippen LogP contribution in [0.25, 0.3) is 0 Å². The van der Waals surface area contributed by atoms with Crippen LogP contribution in [0.1, 0.15) is 5.56 Å². The van der Waals surface area contributed by atoms with Crippen molar-refractivity contribution in [3.63, 3.8) is 0 Å². The molecule has 0 atom stereocenters. The molecule has 1 aromatic rings. The molecule has 108 valence electrons. The van der Waals surface area contributed by atoms with E-state index in [0.29, 0.717) is 13.2 Å². The maximum Gasteiger partial charge on any atom is 0.0637 e. The molecule has 0 bridgehead atoms. The summed E-state index contributed by atoms with van der Waals surface area (Å²) in [4.78, 5) is 2.16. The minimum absolute atomic E-state index is 0.694. The van der Waals surface area contributed by atoms with E-state index in [4.69, 9.17) is 21.1 Å². The minimum atomic E-state index is 0.694. The lowest BCUT2D eigenvalue weighted by atomic mass is 10.1. The number of nitrogens with zero attached hydrogens (tertiary/aromatic N) is 1. The monoisotopic (exact) mass is 286 g/mol. The lowest BCUT2D eigenvalue weighted by molar-refractivity contribution is 0.199. The number of anilines is 1. The van der Waals surface area contributed by atoms with Gasteiger partial charge in [-0.05, 0) is 12.1 Å². The van der Waals surface area contributed by atoms with Gasteiger partial charge in [-0.15, -0.1) is 0 Å². The number of rotatable bonds is 9. The molecule has 5 heteroatoms. The summed E-state index contributed by atoms with van der Waals surface area (Å²) in [6.07, 6.45) is 0. The molecule has 0 saturated carbocycles. The molecule has 0 amide bonds. The molecule has 0 aliphatic carbocycles. The van der Waals surface area contributed by atoms with Crippen molar-refractivity contribution in [3.05, 3.63) is 28.8 Å². The second kappa shape index (κ2) is 9.15. The van der Waals surface area contributed by atoms with E-state index in [1.807, 2.05) is 19.2 Å². The van der Waals surface area contributed by atoms with Gasteiger partial charge in [-0.25, -0.2) is 0 Å². The van der Waals surface area contributed by atoms with Crippen molar-refractivity contribution in [3.8, 4) is 0 Å². The van der Waals surface area contributed by atoms with E-state index in [0.717, 1.165) is 35.9 Å². The molecule has 0 radical (unpaired) electrons. The maximum atomic E-state index is 6.29. The van der Waals surface area contributed by atoms with Crippen LogP contribution in [0.4, 0.5) is 5.69 Å². The van der Waals surface area contributed by atoms with E-state index in [9.17, 15) is 0 Å². The van der Waals surface area contributed by atoms with Crippen molar-refractivity contribution in [1.29, 1.82) is 0 Å². The summed E-state index contributed by atoms with van der Waals surface area (Å²) >= 11 is 6.29. The molecule has 0 saturated heterocycles. The number of hydrogen-bond acceptors (Lipinski definition) is 4. The summed E-state index contributed by atoms with van der Waals surface area (Å²) in [5.74, 6) is 0. The Morgan fingerprint density at radius 3 is 2.63 bits per heavy atom. The molecule has 0 aliphatic rings. The third kappa shape index (κ3) is 5.37. The number of nitrogens with one attached hydrogen (secondary N) is 1. The van der Waals surface area contributed by atoms with Gasteiger partial charge in [0.05, 0.1) is 13.2 Å². The normalized spacial score (nSPS) is 10.7. The largest absolute Gasteiger partial charge is 0.383 e. The molecule has 4 nitrogen and oxygen atoms in total. The molecule has 0 aliphatic heterocycles. The molecule has 0 heterocycles. The van der Waals surface area contributed by atoms with Gasteiger partial charge in [-0.1, -0.05) is 17.7 Å². The van der Waals surface area contributed by atoms with E-state index in [-0.39, 0.29) is 0 Å². The van der Waals surface area contributed by atoms with Gasteiger partial charge in [0.1, 0.15) is 0 Å². The van der Waals surface area contributed by atoms with E-state index in [1.54, 1.807) is 14.2 Å². The second-order valence-corrected chi connectivity index (χ2v) is 4.73. The molecule has 1 N–H and O–H groups in total. The van der Waals surface area contributed by atoms with Gasteiger partial charge in [-0.3, -0.25) is 0 Å². The minimum Gasteiger partial charge on any atom is -0.383 e. The van der Waals surface area contributed by atoms with Gasteiger partial charge in [0.15, 0.2) is 0 Å². The highest BCUT2D eigenvalue weighted by Crippen LogP contribution is 2.26. The van der Waals surface area contributed by atoms with Gasteiger partial charge in [-0.2, -0.15) is 0 Å². The van der Waals surface area contributed by atoms with Crippen molar-refractivity contribution in [2.45, 2.75) is 6.54 Å². The molecule has 0 unspecified atom stereocenters. The van der Waals surface area contributed by atoms with Crippen molar-refractivity contribution in [2.75, 3.05) is 52.5 Å². The lowest BCUT2D eigenvalue weighted by Crippen LogP contribution is -2.25. The number of benzene rings is 1. The van der Waals surface area contributed by atoms with Crippen molar-refractivity contribution in [1.82, 2.24) is 5.32 Å². The van der Waals surface area contributed by atoms with Crippen LogP contribution in [0.5, 0.6) is 0 Å². The van der Waals surface area contributed by atoms with Crippen LogP contribution in [-0.4, -0.2) is 47.6 Å². The third-order valence-electron chi connectivity index (χ3n) is 2.92. The van der Waals surface area contributed by atoms with Crippen LogP contribution in [-0.2, 0) is 16.0 Å².